The fraction of sp³-hybridized carbons (Fsp3) is 0.357. The largest absolute Gasteiger partial charge is 0.337 e. The molecule has 0 radical (unpaired) electrons. The number of nitrogens with one attached hydrogen (secondary N) is 2. The number of rotatable bonds is 5. The lowest BCUT2D eigenvalue weighted by Crippen LogP contribution is -2.42. The number of halogens is 1. The molecule has 0 bridgehead atoms. The first-order valence-corrected chi connectivity index (χ1v) is 6.23. The molecule has 0 saturated carbocycles. The fourth-order valence-electron chi connectivity index (χ4n) is 1.63. The molecule has 0 aliphatic heterocycles. The number of urea groups is 1. The maximum Gasteiger partial charge on any atom is 0.315 e. The van der Waals surface area contributed by atoms with Crippen LogP contribution in [0.3, 0.4) is 0 Å². The molecular weight excluding hydrogens is 248 g/mol. The van der Waals surface area contributed by atoms with Gasteiger partial charge in [0.2, 0.25) is 0 Å². The van der Waals surface area contributed by atoms with E-state index in [1.54, 1.807) is 6.08 Å². The Morgan fingerprint density at radius 2 is 2.06 bits per heavy atom. The van der Waals surface area contributed by atoms with Crippen molar-refractivity contribution in [2.24, 2.45) is 0 Å². The van der Waals surface area contributed by atoms with E-state index in [2.05, 4.69) is 17.2 Å². The Morgan fingerprint density at radius 3 is 2.67 bits per heavy atom. The summed E-state index contributed by atoms with van der Waals surface area (Å²) in [7, 11) is 0. The molecule has 1 aromatic rings. The Morgan fingerprint density at radius 1 is 1.39 bits per heavy atom. The van der Waals surface area contributed by atoms with Crippen LogP contribution in [0.4, 0.5) is 4.79 Å². The topological polar surface area (TPSA) is 41.1 Å². The van der Waals surface area contributed by atoms with Crippen LogP contribution in [0.15, 0.2) is 36.9 Å². The molecule has 18 heavy (non-hydrogen) atoms. The average Bonchev–Trinajstić information content (AvgIpc) is 2.34. The summed E-state index contributed by atoms with van der Waals surface area (Å²) < 4.78 is 0. The first-order valence-electron chi connectivity index (χ1n) is 5.85. The van der Waals surface area contributed by atoms with Crippen LogP contribution in [0.5, 0.6) is 0 Å². The van der Waals surface area contributed by atoms with Gasteiger partial charge in [-0.1, -0.05) is 49.7 Å². The molecule has 0 spiro atoms. The van der Waals surface area contributed by atoms with Crippen LogP contribution in [0.1, 0.15) is 19.4 Å². The standard InChI is InChI=1S/C14H19ClN2O/c1-4-9-16-13(18)17-10-14(2,3)11-7-5-6-8-12(11)15/h4-8H,1,9-10H2,2-3H3,(H2,16,17,18). The Hall–Kier alpha value is -1.48. The van der Waals surface area contributed by atoms with Crippen molar-refractivity contribution in [3.05, 3.63) is 47.5 Å². The van der Waals surface area contributed by atoms with Crippen LogP contribution in [-0.2, 0) is 5.41 Å². The lowest BCUT2D eigenvalue weighted by Gasteiger charge is -2.26. The Bertz CT molecular complexity index is 430. The lowest BCUT2D eigenvalue weighted by atomic mass is 9.84. The van der Waals surface area contributed by atoms with E-state index in [0.29, 0.717) is 13.1 Å². The van der Waals surface area contributed by atoms with Crippen molar-refractivity contribution in [2.75, 3.05) is 13.1 Å². The van der Waals surface area contributed by atoms with E-state index >= 15 is 0 Å². The zero-order valence-corrected chi connectivity index (χ0v) is 11.6. The van der Waals surface area contributed by atoms with Gasteiger partial charge in [0, 0.05) is 23.5 Å². The summed E-state index contributed by atoms with van der Waals surface area (Å²) in [6.07, 6.45) is 1.64. The Labute approximate surface area is 113 Å². The minimum atomic E-state index is -0.218. The molecule has 2 N–H and O–H groups in total. The molecule has 1 aromatic carbocycles. The quantitative estimate of drug-likeness (QED) is 0.790. The van der Waals surface area contributed by atoms with E-state index < -0.39 is 0 Å². The number of carbonyl (C=O) groups excluding carboxylic acids is 1. The van der Waals surface area contributed by atoms with Gasteiger partial charge in [-0.3, -0.25) is 0 Å². The van der Waals surface area contributed by atoms with E-state index in [9.17, 15) is 4.79 Å². The van der Waals surface area contributed by atoms with Crippen molar-refractivity contribution in [2.45, 2.75) is 19.3 Å². The summed E-state index contributed by atoms with van der Waals surface area (Å²) in [6.45, 7) is 8.60. The highest BCUT2D eigenvalue weighted by molar-refractivity contribution is 6.31. The molecule has 0 heterocycles. The minimum absolute atomic E-state index is 0.199. The van der Waals surface area contributed by atoms with E-state index in [-0.39, 0.29) is 11.4 Å². The third-order valence-electron chi connectivity index (χ3n) is 2.70. The Balaban J connectivity index is 2.62. The predicted molar refractivity (Wildman–Crippen MR) is 76.1 cm³/mol. The molecule has 0 aliphatic carbocycles. The van der Waals surface area contributed by atoms with Crippen molar-refractivity contribution in [3.8, 4) is 0 Å². The summed E-state index contributed by atoms with van der Waals surface area (Å²) in [4.78, 5) is 11.5. The molecule has 0 aromatic heterocycles. The molecule has 4 heteroatoms. The van der Waals surface area contributed by atoms with Gasteiger partial charge in [0.05, 0.1) is 0 Å². The summed E-state index contributed by atoms with van der Waals surface area (Å²) in [5.41, 5.74) is 0.805. The molecule has 1 rings (SSSR count). The van der Waals surface area contributed by atoms with Gasteiger partial charge >= 0.3 is 6.03 Å². The van der Waals surface area contributed by atoms with E-state index in [4.69, 9.17) is 11.6 Å². The highest BCUT2D eigenvalue weighted by Crippen LogP contribution is 2.28. The van der Waals surface area contributed by atoms with Gasteiger partial charge in [0.15, 0.2) is 0 Å². The minimum Gasteiger partial charge on any atom is -0.337 e. The average molecular weight is 267 g/mol. The van der Waals surface area contributed by atoms with Gasteiger partial charge in [-0.2, -0.15) is 0 Å². The van der Waals surface area contributed by atoms with Gasteiger partial charge in [0.25, 0.3) is 0 Å². The molecular formula is C14H19ClN2O. The van der Waals surface area contributed by atoms with Crippen LogP contribution >= 0.6 is 11.6 Å². The summed E-state index contributed by atoms with van der Waals surface area (Å²) in [6, 6.07) is 7.48. The van der Waals surface area contributed by atoms with Gasteiger partial charge in [-0.15, -0.1) is 6.58 Å². The van der Waals surface area contributed by atoms with Gasteiger partial charge in [-0.05, 0) is 11.6 Å². The summed E-state index contributed by atoms with van der Waals surface area (Å²) in [5.74, 6) is 0. The normalized spacial score (nSPS) is 10.8. The number of amides is 2. The third kappa shape index (κ3) is 4.08. The van der Waals surface area contributed by atoms with Gasteiger partial charge in [0.1, 0.15) is 0 Å². The van der Waals surface area contributed by atoms with Crippen LogP contribution in [-0.4, -0.2) is 19.1 Å². The van der Waals surface area contributed by atoms with Crippen molar-refractivity contribution >= 4 is 17.6 Å². The van der Waals surface area contributed by atoms with Crippen molar-refractivity contribution in [3.63, 3.8) is 0 Å². The molecule has 0 fully saturated rings. The van der Waals surface area contributed by atoms with Crippen molar-refractivity contribution < 1.29 is 4.79 Å². The number of hydrogen-bond acceptors (Lipinski definition) is 1. The SMILES string of the molecule is C=CCNC(=O)NCC(C)(C)c1ccccc1Cl. The molecule has 0 atom stereocenters. The molecule has 2 amide bonds. The molecule has 98 valence electrons. The third-order valence-corrected chi connectivity index (χ3v) is 3.03. The highest BCUT2D eigenvalue weighted by Gasteiger charge is 2.23. The monoisotopic (exact) mass is 266 g/mol. The van der Waals surface area contributed by atoms with E-state index in [1.807, 2.05) is 38.1 Å². The first-order chi connectivity index (χ1) is 8.47. The van der Waals surface area contributed by atoms with Crippen LogP contribution in [0, 0.1) is 0 Å². The van der Waals surface area contributed by atoms with E-state index in [1.165, 1.54) is 0 Å². The van der Waals surface area contributed by atoms with Crippen LogP contribution in [0.25, 0.3) is 0 Å². The summed E-state index contributed by atoms with van der Waals surface area (Å²) >= 11 is 6.17. The molecule has 0 aliphatic rings. The number of benzene rings is 1. The molecule has 3 nitrogen and oxygen atoms in total. The van der Waals surface area contributed by atoms with E-state index in [0.717, 1.165) is 10.6 Å². The van der Waals surface area contributed by atoms with Crippen molar-refractivity contribution in [1.29, 1.82) is 0 Å². The van der Waals surface area contributed by atoms with Crippen molar-refractivity contribution in [1.82, 2.24) is 10.6 Å². The molecule has 0 unspecified atom stereocenters. The maximum absolute atomic E-state index is 11.5. The second kappa shape index (κ2) is 6.45. The number of carbonyl (C=O) groups is 1. The maximum atomic E-state index is 11.5. The zero-order chi connectivity index (χ0) is 13.6. The number of hydrogen-bond donors (Lipinski definition) is 2. The highest BCUT2D eigenvalue weighted by atomic mass is 35.5. The second-order valence-electron chi connectivity index (χ2n) is 4.72. The second-order valence-corrected chi connectivity index (χ2v) is 5.12. The Kier molecular flexibility index (Phi) is 5.23. The summed E-state index contributed by atoms with van der Waals surface area (Å²) in [5, 5.41) is 6.22. The zero-order valence-electron chi connectivity index (χ0n) is 10.8. The van der Waals surface area contributed by atoms with Gasteiger partial charge in [-0.25, -0.2) is 4.79 Å². The fourth-order valence-corrected chi connectivity index (χ4v) is 2.03. The molecule has 0 saturated heterocycles. The predicted octanol–water partition coefficient (Wildman–Crippen LogP) is 3.10. The van der Waals surface area contributed by atoms with Crippen LogP contribution < -0.4 is 10.6 Å². The smallest absolute Gasteiger partial charge is 0.315 e. The van der Waals surface area contributed by atoms with Crippen LogP contribution in [0.2, 0.25) is 5.02 Å². The van der Waals surface area contributed by atoms with Gasteiger partial charge < -0.3 is 10.6 Å². The first kappa shape index (κ1) is 14.6. The lowest BCUT2D eigenvalue weighted by molar-refractivity contribution is 0.239.